The first-order valence-electron chi connectivity index (χ1n) is 5.43. The van der Waals surface area contributed by atoms with Crippen LogP contribution >= 0.6 is 0 Å². The second-order valence-corrected chi connectivity index (χ2v) is 5.55. The molecule has 0 radical (unpaired) electrons. The van der Waals surface area contributed by atoms with Crippen LogP contribution in [0.15, 0.2) is 0 Å². The van der Waals surface area contributed by atoms with Crippen LogP contribution in [0.25, 0.3) is 0 Å². The minimum Gasteiger partial charge on any atom is -0.392 e. The predicted molar refractivity (Wildman–Crippen MR) is 53.5 cm³/mol. The molecule has 1 aliphatic heterocycles. The normalized spacial score (nSPS) is 35.5. The molecule has 13 heavy (non-hydrogen) atoms. The Morgan fingerprint density at radius 1 is 1.46 bits per heavy atom. The number of likely N-dealkylation sites (tertiary alicyclic amines) is 1. The summed E-state index contributed by atoms with van der Waals surface area (Å²) in [4.78, 5) is 2.46. The second-order valence-electron chi connectivity index (χ2n) is 5.55. The van der Waals surface area contributed by atoms with E-state index in [0.717, 1.165) is 18.5 Å². The van der Waals surface area contributed by atoms with E-state index in [4.69, 9.17) is 0 Å². The minimum absolute atomic E-state index is 0.169. The molecule has 1 saturated carbocycles. The van der Waals surface area contributed by atoms with Crippen molar-refractivity contribution >= 4 is 0 Å². The van der Waals surface area contributed by atoms with Crippen LogP contribution in [0.2, 0.25) is 0 Å². The smallest absolute Gasteiger partial charge is 0.0639 e. The number of β-amino-alcohol motifs (C(OH)–C–C–N with tert-alkyl or cyclic N) is 1. The largest absolute Gasteiger partial charge is 0.392 e. The van der Waals surface area contributed by atoms with E-state index < -0.39 is 0 Å². The molecule has 2 nitrogen and oxygen atoms in total. The molecule has 1 unspecified atom stereocenters. The quantitative estimate of drug-likeness (QED) is 0.716. The van der Waals surface area contributed by atoms with Gasteiger partial charge < -0.3 is 5.11 Å². The summed E-state index contributed by atoms with van der Waals surface area (Å²) in [6, 6.07) is 0.752. The van der Waals surface area contributed by atoms with E-state index in [0.29, 0.717) is 5.41 Å². The number of aliphatic hydroxyl groups is 1. The van der Waals surface area contributed by atoms with Crippen molar-refractivity contribution in [2.45, 2.75) is 45.8 Å². The van der Waals surface area contributed by atoms with Crippen LogP contribution in [0.1, 0.15) is 33.6 Å². The van der Waals surface area contributed by atoms with Crippen molar-refractivity contribution in [2.75, 3.05) is 13.1 Å². The molecule has 2 rings (SSSR count). The van der Waals surface area contributed by atoms with E-state index in [9.17, 15) is 5.11 Å². The Hall–Kier alpha value is -0.0800. The average molecular weight is 183 g/mol. The zero-order chi connectivity index (χ0) is 9.64. The Balaban J connectivity index is 1.92. The average Bonchev–Trinajstić information content (AvgIpc) is 2.67. The van der Waals surface area contributed by atoms with Crippen molar-refractivity contribution in [1.29, 1.82) is 0 Å². The summed E-state index contributed by atoms with van der Waals surface area (Å²) < 4.78 is 0. The lowest BCUT2D eigenvalue weighted by molar-refractivity contribution is -0.0795. The molecule has 0 aromatic heterocycles. The van der Waals surface area contributed by atoms with Gasteiger partial charge in [0.25, 0.3) is 0 Å². The molecule has 0 amide bonds. The Morgan fingerprint density at radius 3 is 2.46 bits per heavy atom. The van der Waals surface area contributed by atoms with Crippen molar-refractivity contribution in [1.82, 2.24) is 4.90 Å². The molecule has 76 valence electrons. The van der Waals surface area contributed by atoms with Crippen LogP contribution in [-0.2, 0) is 0 Å². The van der Waals surface area contributed by atoms with Gasteiger partial charge in [-0.25, -0.2) is 0 Å². The minimum atomic E-state index is -0.169. The highest BCUT2D eigenvalue weighted by Crippen LogP contribution is 2.49. The maximum Gasteiger partial charge on any atom is 0.0639 e. The second kappa shape index (κ2) is 2.96. The molecule has 0 bridgehead atoms. The van der Waals surface area contributed by atoms with Gasteiger partial charge in [-0.1, -0.05) is 13.8 Å². The number of hydrogen-bond acceptors (Lipinski definition) is 2. The lowest BCUT2D eigenvalue weighted by Crippen LogP contribution is -2.64. The van der Waals surface area contributed by atoms with Crippen LogP contribution in [-0.4, -0.2) is 35.2 Å². The monoisotopic (exact) mass is 183 g/mol. The van der Waals surface area contributed by atoms with E-state index in [1.807, 2.05) is 6.92 Å². The van der Waals surface area contributed by atoms with Crippen LogP contribution in [0, 0.1) is 11.3 Å². The first kappa shape index (κ1) is 9.47. The highest BCUT2D eigenvalue weighted by Gasteiger charge is 2.52. The van der Waals surface area contributed by atoms with Gasteiger partial charge in [-0.05, 0) is 31.1 Å². The summed E-state index contributed by atoms with van der Waals surface area (Å²) in [5, 5.41) is 9.34. The maximum atomic E-state index is 9.34. The summed E-state index contributed by atoms with van der Waals surface area (Å²) in [5.41, 5.74) is 0.496. The van der Waals surface area contributed by atoms with E-state index >= 15 is 0 Å². The zero-order valence-electron chi connectivity index (χ0n) is 8.95. The molecule has 1 saturated heterocycles. The van der Waals surface area contributed by atoms with E-state index in [2.05, 4.69) is 18.7 Å². The Kier molecular flexibility index (Phi) is 2.16. The fourth-order valence-corrected chi connectivity index (χ4v) is 2.96. The fraction of sp³-hybridized carbons (Fsp3) is 1.00. The number of nitrogens with zero attached hydrogens (tertiary/aromatic N) is 1. The van der Waals surface area contributed by atoms with E-state index in [1.165, 1.54) is 19.4 Å². The van der Waals surface area contributed by atoms with E-state index in [1.54, 1.807) is 0 Å². The van der Waals surface area contributed by atoms with Gasteiger partial charge in [0.15, 0.2) is 0 Å². The molecule has 2 atom stereocenters. The first-order chi connectivity index (χ1) is 6.00. The van der Waals surface area contributed by atoms with Crippen molar-refractivity contribution in [3.63, 3.8) is 0 Å². The number of hydrogen-bond donors (Lipinski definition) is 1. The molecule has 1 aliphatic carbocycles. The maximum absolute atomic E-state index is 9.34. The van der Waals surface area contributed by atoms with Gasteiger partial charge in [0.2, 0.25) is 0 Å². The SMILES string of the molecule is C[C@H](O)CN1CC(C)(C)C1C1CC1. The van der Waals surface area contributed by atoms with Gasteiger partial charge in [0.05, 0.1) is 6.10 Å². The van der Waals surface area contributed by atoms with Crippen LogP contribution in [0.5, 0.6) is 0 Å². The van der Waals surface area contributed by atoms with Crippen molar-refractivity contribution in [3.8, 4) is 0 Å². The molecule has 0 aromatic rings. The number of aliphatic hydroxyl groups excluding tert-OH is 1. The molecule has 2 fully saturated rings. The van der Waals surface area contributed by atoms with Crippen LogP contribution < -0.4 is 0 Å². The highest BCUT2D eigenvalue weighted by atomic mass is 16.3. The van der Waals surface area contributed by atoms with Crippen molar-refractivity contribution < 1.29 is 5.11 Å². The third-order valence-electron chi connectivity index (χ3n) is 3.37. The molecule has 0 aromatic carbocycles. The van der Waals surface area contributed by atoms with E-state index in [-0.39, 0.29) is 6.10 Å². The van der Waals surface area contributed by atoms with Gasteiger partial charge in [-0.2, -0.15) is 0 Å². The Bertz CT molecular complexity index is 194. The molecule has 2 heteroatoms. The van der Waals surface area contributed by atoms with Gasteiger partial charge in [0.1, 0.15) is 0 Å². The van der Waals surface area contributed by atoms with Gasteiger partial charge in [-0.15, -0.1) is 0 Å². The summed E-state index contributed by atoms with van der Waals surface area (Å²) in [6.07, 6.45) is 2.65. The van der Waals surface area contributed by atoms with Gasteiger partial charge >= 0.3 is 0 Å². The molecule has 2 aliphatic rings. The topological polar surface area (TPSA) is 23.5 Å². The molecule has 1 heterocycles. The number of rotatable bonds is 3. The molecule has 0 spiro atoms. The fourth-order valence-electron chi connectivity index (χ4n) is 2.96. The first-order valence-corrected chi connectivity index (χ1v) is 5.43. The molecular formula is C11H21NO. The third kappa shape index (κ3) is 1.75. The van der Waals surface area contributed by atoms with Crippen molar-refractivity contribution in [2.24, 2.45) is 11.3 Å². The van der Waals surface area contributed by atoms with Crippen LogP contribution in [0.4, 0.5) is 0 Å². The summed E-state index contributed by atoms with van der Waals surface area (Å²) in [7, 11) is 0. The van der Waals surface area contributed by atoms with Crippen LogP contribution in [0.3, 0.4) is 0 Å². The molecular weight excluding hydrogens is 162 g/mol. The zero-order valence-corrected chi connectivity index (χ0v) is 8.95. The summed E-state index contributed by atoms with van der Waals surface area (Å²) in [6.45, 7) is 8.63. The Morgan fingerprint density at radius 2 is 2.08 bits per heavy atom. The highest BCUT2D eigenvalue weighted by molar-refractivity contribution is 5.05. The summed E-state index contributed by atoms with van der Waals surface area (Å²) in [5.74, 6) is 0.933. The third-order valence-corrected chi connectivity index (χ3v) is 3.37. The lowest BCUT2D eigenvalue weighted by atomic mass is 9.72. The van der Waals surface area contributed by atoms with Gasteiger partial charge in [0, 0.05) is 19.1 Å². The standard InChI is InChI=1S/C11H21NO/c1-8(13)6-12-7-11(2,3)10(12)9-4-5-9/h8-10,13H,4-7H2,1-3H3/t8-,10?/m0/s1. The van der Waals surface area contributed by atoms with Gasteiger partial charge in [-0.3, -0.25) is 4.90 Å². The lowest BCUT2D eigenvalue weighted by Gasteiger charge is -2.55. The predicted octanol–water partition coefficient (Wildman–Crippen LogP) is 1.49. The summed E-state index contributed by atoms with van der Waals surface area (Å²) >= 11 is 0. The Labute approximate surface area is 80.9 Å². The van der Waals surface area contributed by atoms with Crippen molar-refractivity contribution in [3.05, 3.63) is 0 Å². The molecule has 1 N–H and O–H groups in total.